The van der Waals surface area contributed by atoms with Crippen molar-refractivity contribution < 1.29 is 9.90 Å². The van der Waals surface area contributed by atoms with Gasteiger partial charge in [0.2, 0.25) is 0 Å². The molecule has 0 aliphatic rings. The summed E-state index contributed by atoms with van der Waals surface area (Å²) in [5, 5.41) is 12.4. The maximum Gasteiger partial charge on any atom is 0.341 e. The minimum atomic E-state index is -1.07. The minimum absolute atomic E-state index is 0.0335. The predicted octanol–water partition coefficient (Wildman–Crippen LogP) is 3.89. The van der Waals surface area contributed by atoms with Crippen LogP contribution in [0.2, 0.25) is 0 Å². The molecular weight excluding hydrogens is 290 g/mol. The number of rotatable bonds is 4. The number of hydrogen-bond acceptors (Lipinski definition) is 4. The third kappa shape index (κ3) is 3.35. The Kier molecular flexibility index (Phi) is 4.01. The van der Waals surface area contributed by atoms with Crippen molar-refractivity contribution >= 4 is 17.5 Å². The summed E-state index contributed by atoms with van der Waals surface area (Å²) in [6, 6.07) is 17.1. The van der Waals surface area contributed by atoms with Gasteiger partial charge in [-0.25, -0.2) is 14.8 Å². The molecule has 1 heterocycles. The monoisotopic (exact) mass is 305 g/mol. The quantitative estimate of drug-likeness (QED) is 0.764. The van der Waals surface area contributed by atoms with E-state index in [1.807, 2.05) is 61.5 Å². The van der Waals surface area contributed by atoms with Crippen molar-refractivity contribution in [3.63, 3.8) is 0 Å². The van der Waals surface area contributed by atoms with Crippen LogP contribution in [0.4, 0.5) is 11.5 Å². The summed E-state index contributed by atoms with van der Waals surface area (Å²) >= 11 is 0. The second-order valence-electron chi connectivity index (χ2n) is 5.12. The summed E-state index contributed by atoms with van der Waals surface area (Å²) in [5.74, 6) is -0.317. The lowest BCUT2D eigenvalue weighted by molar-refractivity contribution is 0.0697. The van der Waals surface area contributed by atoms with Crippen LogP contribution in [0, 0.1) is 6.92 Å². The smallest absolute Gasteiger partial charge is 0.341 e. The van der Waals surface area contributed by atoms with E-state index in [9.17, 15) is 9.90 Å². The molecular formula is C18H15N3O2. The third-order valence-electron chi connectivity index (χ3n) is 3.33. The summed E-state index contributed by atoms with van der Waals surface area (Å²) < 4.78 is 0. The van der Waals surface area contributed by atoms with Gasteiger partial charge in [-0.3, -0.25) is 0 Å². The standard InChI is InChI=1S/C18H15N3O2/c1-12-6-5-9-14(10-12)20-17-15(18(22)23)11-19-16(21-17)13-7-3-2-4-8-13/h2-11H,1H3,(H,22,23)(H,19,20,21). The summed E-state index contributed by atoms with van der Waals surface area (Å²) in [7, 11) is 0. The average molecular weight is 305 g/mol. The third-order valence-corrected chi connectivity index (χ3v) is 3.33. The highest BCUT2D eigenvalue weighted by Crippen LogP contribution is 2.23. The van der Waals surface area contributed by atoms with Crippen LogP contribution in [-0.2, 0) is 0 Å². The second-order valence-corrected chi connectivity index (χ2v) is 5.12. The first-order valence-electron chi connectivity index (χ1n) is 7.13. The molecule has 3 rings (SSSR count). The molecule has 23 heavy (non-hydrogen) atoms. The number of carbonyl (C=O) groups is 1. The molecule has 0 aliphatic heterocycles. The number of nitrogens with zero attached hydrogens (tertiary/aromatic N) is 2. The molecule has 0 amide bonds. The molecule has 0 spiro atoms. The van der Waals surface area contributed by atoms with Gasteiger partial charge in [0.15, 0.2) is 5.82 Å². The van der Waals surface area contributed by atoms with Crippen LogP contribution in [0.25, 0.3) is 11.4 Å². The first-order valence-corrected chi connectivity index (χ1v) is 7.13. The van der Waals surface area contributed by atoms with Crippen LogP contribution < -0.4 is 5.32 Å². The minimum Gasteiger partial charge on any atom is -0.477 e. The lowest BCUT2D eigenvalue weighted by Crippen LogP contribution is -2.07. The van der Waals surface area contributed by atoms with Gasteiger partial charge in [-0.1, -0.05) is 42.5 Å². The van der Waals surface area contributed by atoms with Gasteiger partial charge in [-0.15, -0.1) is 0 Å². The van der Waals surface area contributed by atoms with Crippen molar-refractivity contribution in [2.45, 2.75) is 6.92 Å². The van der Waals surface area contributed by atoms with E-state index in [0.717, 1.165) is 16.8 Å². The first-order chi connectivity index (χ1) is 11.1. The predicted molar refractivity (Wildman–Crippen MR) is 88.9 cm³/mol. The van der Waals surface area contributed by atoms with Crippen LogP contribution in [-0.4, -0.2) is 21.0 Å². The Morgan fingerprint density at radius 2 is 1.87 bits per heavy atom. The molecule has 2 N–H and O–H groups in total. The van der Waals surface area contributed by atoms with Crippen LogP contribution in [0.5, 0.6) is 0 Å². The molecule has 0 fully saturated rings. The van der Waals surface area contributed by atoms with Gasteiger partial charge >= 0.3 is 5.97 Å². The Bertz CT molecular complexity index is 848. The van der Waals surface area contributed by atoms with Crippen molar-refractivity contribution in [2.75, 3.05) is 5.32 Å². The molecule has 114 valence electrons. The molecule has 1 aromatic heterocycles. The number of aromatic nitrogens is 2. The number of carboxylic acids is 1. The molecule has 3 aromatic rings. The molecule has 5 heteroatoms. The molecule has 0 saturated carbocycles. The van der Waals surface area contributed by atoms with Crippen molar-refractivity contribution in [1.29, 1.82) is 0 Å². The van der Waals surface area contributed by atoms with Gasteiger partial charge < -0.3 is 10.4 Å². The summed E-state index contributed by atoms with van der Waals surface area (Å²) in [6.07, 6.45) is 1.33. The molecule has 0 bridgehead atoms. The number of anilines is 2. The molecule has 5 nitrogen and oxygen atoms in total. The number of aromatic carboxylic acids is 1. The van der Waals surface area contributed by atoms with E-state index < -0.39 is 5.97 Å². The number of aryl methyl sites for hydroxylation is 1. The van der Waals surface area contributed by atoms with Crippen LogP contribution >= 0.6 is 0 Å². The van der Waals surface area contributed by atoms with E-state index in [0.29, 0.717) is 5.82 Å². The van der Waals surface area contributed by atoms with E-state index in [2.05, 4.69) is 15.3 Å². The highest BCUT2D eigenvalue weighted by Gasteiger charge is 2.14. The first kappa shape index (κ1) is 14.7. The van der Waals surface area contributed by atoms with Gasteiger partial charge in [-0.2, -0.15) is 0 Å². The van der Waals surface area contributed by atoms with Gasteiger partial charge in [-0.05, 0) is 24.6 Å². The van der Waals surface area contributed by atoms with Crippen LogP contribution in [0.15, 0.2) is 60.8 Å². The summed E-state index contributed by atoms with van der Waals surface area (Å²) in [6.45, 7) is 1.97. The fraction of sp³-hybridized carbons (Fsp3) is 0.0556. The second kappa shape index (κ2) is 6.27. The number of nitrogens with one attached hydrogen (secondary N) is 1. The lowest BCUT2D eigenvalue weighted by Gasteiger charge is -2.10. The molecule has 0 radical (unpaired) electrons. The Morgan fingerprint density at radius 1 is 1.09 bits per heavy atom. The maximum atomic E-state index is 11.4. The molecule has 2 aromatic carbocycles. The topological polar surface area (TPSA) is 75.1 Å². The van der Waals surface area contributed by atoms with Crippen molar-refractivity contribution in [3.05, 3.63) is 71.9 Å². The van der Waals surface area contributed by atoms with Gasteiger partial charge in [0.25, 0.3) is 0 Å². The fourth-order valence-corrected chi connectivity index (χ4v) is 2.22. The van der Waals surface area contributed by atoms with Crippen LogP contribution in [0.1, 0.15) is 15.9 Å². The Morgan fingerprint density at radius 3 is 2.57 bits per heavy atom. The normalized spacial score (nSPS) is 10.3. The van der Waals surface area contributed by atoms with Gasteiger partial charge in [0, 0.05) is 17.4 Å². The number of benzene rings is 2. The van der Waals surface area contributed by atoms with Crippen molar-refractivity contribution in [3.8, 4) is 11.4 Å². The zero-order valence-corrected chi connectivity index (χ0v) is 12.5. The number of hydrogen-bond donors (Lipinski definition) is 2. The SMILES string of the molecule is Cc1cccc(Nc2nc(-c3ccccc3)ncc2C(=O)O)c1. The van der Waals surface area contributed by atoms with Crippen LogP contribution in [0.3, 0.4) is 0 Å². The van der Waals surface area contributed by atoms with E-state index in [4.69, 9.17) is 0 Å². The van der Waals surface area contributed by atoms with E-state index in [1.165, 1.54) is 6.20 Å². The Hall–Kier alpha value is -3.21. The van der Waals surface area contributed by atoms with Gasteiger partial charge in [0.1, 0.15) is 11.4 Å². The molecule has 0 saturated heterocycles. The Balaban J connectivity index is 2.04. The van der Waals surface area contributed by atoms with E-state index in [-0.39, 0.29) is 11.4 Å². The van der Waals surface area contributed by atoms with Crippen molar-refractivity contribution in [2.24, 2.45) is 0 Å². The van der Waals surface area contributed by atoms with E-state index in [1.54, 1.807) is 0 Å². The summed E-state index contributed by atoms with van der Waals surface area (Å²) in [5.41, 5.74) is 2.72. The average Bonchev–Trinajstić information content (AvgIpc) is 2.55. The molecule has 0 atom stereocenters. The zero-order chi connectivity index (χ0) is 16.2. The largest absolute Gasteiger partial charge is 0.477 e. The highest BCUT2D eigenvalue weighted by molar-refractivity contribution is 5.94. The fourth-order valence-electron chi connectivity index (χ4n) is 2.22. The van der Waals surface area contributed by atoms with Crippen molar-refractivity contribution in [1.82, 2.24) is 9.97 Å². The number of carboxylic acid groups (broad SMARTS) is 1. The zero-order valence-electron chi connectivity index (χ0n) is 12.5. The molecule has 0 aliphatic carbocycles. The van der Waals surface area contributed by atoms with E-state index >= 15 is 0 Å². The maximum absolute atomic E-state index is 11.4. The van der Waals surface area contributed by atoms with Gasteiger partial charge in [0.05, 0.1) is 0 Å². The lowest BCUT2D eigenvalue weighted by atomic mass is 10.2. The summed E-state index contributed by atoms with van der Waals surface area (Å²) in [4.78, 5) is 20.0. The Labute approximate surface area is 133 Å². The highest BCUT2D eigenvalue weighted by atomic mass is 16.4. The molecule has 0 unspecified atom stereocenters.